The quantitative estimate of drug-likeness (QED) is 0.182. The Hall–Kier alpha value is -5.16. The molecule has 7 aromatic rings. The normalized spacial score (nSPS) is 11.9. The van der Waals surface area contributed by atoms with Gasteiger partial charge >= 0.3 is 0 Å². The van der Waals surface area contributed by atoms with Crippen molar-refractivity contribution < 1.29 is 4.74 Å². The highest BCUT2D eigenvalue weighted by Gasteiger charge is 2.22. The van der Waals surface area contributed by atoms with Gasteiger partial charge in [0.25, 0.3) is 0 Å². The molecule has 0 atom stereocenters. The first-order chi connectivity index (χ1) is 22.2. The van der Waals surface area contributed by atoms with Gasteiger partial charge in [-0.2, -0.15) is 5.10 Å². The molecule has 0 N–H and O–H groups in total. The Bertz CT molecular complexity index is 2210. The van der Waals surface area contributed by atoms with Crippen LogP contribution >= 0.6 is 0 Å². The highest BCUT2D eigenvalue weighted by molar-refractivity contribution is 6.09. The van der Waals surface area contributed by atoms with Crippen LogP contribution in [0.4, 0.5) is 0 Å². The van der Waals surface area contributed by atoms with Gasteiger partial charge in [-0.25, -0.2) is 9.67 Å². The molecule has 0 spiro atoms. The maximum atomic E-state index is 6.49. The molecule has 0 unspecified atom stereocenters. The van der Waals surface area contributed by atoms with E-state index >= 15 is 0 Å². The smallest absolute Gasteiger partial charge is 0.137 e. The molecule has 3 aromatic heterocycles. The van der Waals surface area contributed by atoms with E-state index in [1.165, 1.54) is 33.2 Å². The zero-order valence-corrected chi connectivity index (χ0v) is 27.5. The summed E-state index contributed by atoms with van der Waals surface area (Å²) in [5, 5.41) is 7.15. The highest BCUT2D eigenvalue weighted by Crippen LogP contribution is 2.38. The number of fused-ring (bicyclic) bond motifs is 3. The lowest BCUT2D eigenvalue weighted by Crippen LogP contribution is -2.14. The van der Waals surface area contributed by atoms with E-state index in [2.05, 4.69) is 113 Å². The average Bonchev–Trinajstić information content (AvgIpc) is 3.64. The van der Waals surface area contributed by atoms with Crippen LogP contribution in [0.1, 0.15) is 56.4 Å². The Morgan fingerprint density at radius 1 is 0.783 bits per heavy atom. The van der Waals surface area contributed by atoms with Gasteiger partial charge in [0.05, 0.1) is 22.9 Å². The fourth-order valence-corrected chi connectivity index (χ4v) is 6.59. The van der Waals surface area contributed by atoms with Gasteiger partial charge in [0.15, 0.2) is 0 Å². The molecule has 0 aliphatic carbocycles. The Morgan fingerprint density at radius 2 is 1.59 bits per heavy atom. The second kappa shape index (κ2) is 11.6. The predicted octanol–water partition coefficient (Wildman–Crippen LogP) is 10.7. The molecule has 3 heterocycles. The molecule has 5 nitrogen and oxygen atoms in total. The Balaban J connectivity index is 1.24. The summed E-state index contributed by atoms with van der Waals surface area (Å²) in [5.74, 6) is 2.41. The lowest BCUT2D eigenvalue weighted by molar-refractivity contribution is 0.483. The van der Waals surface area contributed by atoms with Crippen LogP contribution in [0.5, 0.6) is 11.5 Å². The summed E-state index contributed by atoms with van der Waals surface area (Å²) in [6.45, 7) is 13.4. The van der Waals surface area contributed by atoms with Crippen LogP contribution in [0, 0.1) is 13.8 Å². The summed E-state index contributed by atoms with van der Waals surface area (Å²) in [7, 11) is 0. The van der Waals surface area contributed by atoms with Crippen LogP contribution in [0.3, 0.4) is 0 Å². The van der Waals surface area contributed by atoms with Crippen molar-refractivity contribution >= 4 is 21.8 Å². The van der Waals surface area contributed by atoms with Crippen molar-refractivity contribution in [3.8, 4) is 34.1 Å². The molecule has 7 rings (SSSR count). The molecule has 0 amide bonds. The molecule has 0 aliphatic heterocycles. The van der Waals surface area contributed by atoms with Gasteiger partial charge < -0.3 is 4.74 Å². The molecule has 0 saturated carbocycles. The van der Waals surface area contributed by atoms with Crippen LogP contribution in [0.25, 0.3) is 44.4 Å². The number of hydrogen-bond acceptors (Lipinski definition) is 3. The Kier molecular flexibility index (Phi) is 7.48. The summed E-state index contributed by atoms with van der Waals surface area (Å²) < 4.78 is 10.7. The third-order valence-electron chi connectivity index (χ3n) is 8.71. The van der Waals surface area contributed by atoms with Crippen molar-refractivity contribution in [1.29, 1.82) is 0 Å². The number of ether oxygens (including phenoxy) is 1. The third kappa shape index (κ3) is 5.47. The standard InChI is InChI=1S/C41H40N4O/c1-7-11-29-21-28(3)40(36(22-29)41(4,5)6)30-25-43-44(26-30)31-12-10-13-32(23-31)46-33-16-17-35-34-14-8-9-15-37(34)45(38(35)24-33)39-20-27(2)18-19-42-39/h8-10,12-26H,7,11H2,1-6H3. The zero-order chi connectivity index (χ0) is 32.0. The van der Waals surface area contributed by atoms with E-state index in [1.54, 1.807) is 0 Å². The van der Waals surface area contributed by atoms with Gasteiger partial charge in [-0.05, 0) is 96.0 Å². The Labute approximate surface area is 271 Å². The molecule has 0 saturated heterocycles. The van der Waals surface area contributed by atoms with Gasteiger partial charge in [0.2, 0.25) is 0 Å². The van der Waals surface area contributed by atoms with E-state index in [0.717, 1.165) is 57.8 Å². The van der Waals surface area contributed by atoms with Crippen molar-refractivity contribution in [2.45, 2.75) is 59.8 Å². The molecule has 4 aromatic carbocycles. The number of hydrogen-bond donors (Lipinski definition) is 0. The zero-order valence-electron chi connectivity index (χ0n) is 27.5. The molecule has 5 heteroatoms. The van der Waals surface area contributed by atoms with Crippen LogP contribution < -0.4 is 4.74 Å². The molecular weight excluding hydrogens is 564 g/mol. The summed E-state index contributed by atoms with van der Waals surface area (Å²) in [5.41, 5.74) is 10.8. The highest BCUT2D eigenvalue weighted by atomic mass is 16.5. The minimum absolute atomic E-state index is 0.0158. The molecular formula is C41H40N4O. The first-order valence-electron chi connectivity index (χ1n) is 16.1. The fourth-order valence-electron chi connectivity index (χ4n) is 6.59. The number of pyridine rings is 1. The summed E-state index contributed by atoms with van der Waals surface area (Å²) >= 11 is 0. The van der Waals surface area contributed by atoms with Crippen LogP contribution in [-0.2, 0) is 11.8 Å². The second-order valence-corrected chi connectivity index (χ2v) is 13.3. The molecule has 0 fully saturated rings. The van der Waals surface area contributed by atoms with Crippen molar-refractivity contribution in [1.82, 2.24) is 19.3 Å². The van der Waals surface area contributed by atoms with Crippen LogP contribution in [0.15, 0.2) is 110 Å². The number of benzene rings is 4. The monoisotopic (exact) mass is 604 g/mol. The topological polar surface area (TPSA) is 44.9 Å². The average molecular weight is 605 g/mol. The fraction of sp³-hybridized carbons (Fsp3) is 0.220. The number of para-hydroxylation sites is 1. The maximum Gasteiger partial charge on any atom is 0.137 e. The van der Waals surface area contributed by atoms with Crippen LogP contribution in [0.2, 0.25) is 0 Å². The molecule has 0 aliphatic rings. The lowest BCUT2D eigenvalue weighted by Gasteiger charge is -2.25. The lowest BCUT2D eigenvalue weighted by atomic mass is 9.79. The van der Waals surface area contributed by atoms with Crippen molar-refractivity contribution in [3.05, 3.63) is 132 Å². The van der Waals surface area contributed by atoms with E-state index < -0.39 is 0 Å². The molecule has 0 radical (unpaired) electrons. The van der Waals surface area contributed by atoms with Gasteiger partial charge in [-0.3, -0.25) is 4.57 Å². The molecule has 46 heavy (non-hydrogen) atoms. The summed E-state index contributed by atoms with van der Waals surface area (Å²) in [4.78, 5) is 4.71. The predicted molar refractivity (Wildman–Crippen MR) is 190 cm³/mol. The maximum absolute atomic E-state index is 6.49. The van der Waals surface area contributed by atoms with E-state index in [-0.39, 0.29) is 5.41 Å². The van der Waals surface area contributed by atoms with Gasteiger partial charge in [0, 0.05) is 40.9 Å². The minimum atomic E-state index is 0.0158. The molecule has 0 bridgehead atoms. The molecule has 230 valence electrons. The van der Waals surface area contributed by atoms with Crippen molar-refractivity contribution in [2.75, 3.05) is 0 Å². The third-order valence-corrected chi connectivity index (χ3v) is 8.71. The van der Waals surface area contributed by atoms with Gasteiger partial charge in [-0.15, -0.1) is 0 Å². The summed E-state index contributed by atoms with van der Waals surface area (Å²) in [6, 6.07) is 31.7. The number of rotatable bonds is 7. The first-order valence-corrected chi connectivity index (χ1v) is 16.1. The first kappa shape index (κ1) is 29.5. The van der Waals surface area contributed by atoms with Crippen LogP contribution in [-0.4, -0.2) is 19.3 Å². The minimum Gasteiger partial charge on any atom is -0.457 e. The number of aryl methyl sites for hydroxylation is 3. The van der Waals surface area contributed by atoms with Crippen molar-refractivity contribution in [2.24, 2.45) is 0 Å². The van der Waals surface area contributed by atoms with Gasteiger partial charge in [-0.1, -0.05) is 70.5 Å². The van der Waals surface area contributed by atoms with Gasteiger partial charge in [0.1, 0.15) is 17.3 Å². The number of aromatic nitrogens is 4. The van der Waals surface area contributed by atoms with E-state index in [9.17, 15) is 0 Å². The summed E-state index contributed by atoms with van der Waals surface area (Å²) in [6.07, 6.45) is 8.21. The van der Waals surface area contributed by atoms with E-state index in [4.69, 9.17) is 14.8 Å². The van der Waals surface area contributed by atoms with E-state index in [1.807, 2.05) is 47.4 Å². The second-order valence-electron chi connectivity index (χ2n) is 13.3. The largest absolute Gasteiger partial charge is 0.457 e. The Morgan fingerprint density at radius 3 is 2.39 bits per heavy atom. The van der Waals surface area contributed by atoms with Crippen molar-refractivity contribution in [3.63, 3.8) is 0 Å². The SMILES string of the molecule is CCCc1cc(C)c(-c2cnn(-c3cccc(Oc4ccc5c6ccccc6n(-c6cc(C)ccn6)c5c4)c3)c2)c(C(C)(C)C)c1. The van der Waals surface area contributed by atoms with E-state index in [0.29, 0.717) is 0 Å². The number of nitrogens with zero attached hydrogens (tertiary/aromatic N) is 4.